The summed E-state index contributed by atoms with van der Waals surface area (Å²) < 4.78 is 5.63. The van der Waals surface area contributed by atoms with E-state index in [9.17, 15) is 4.79 Å². The number of anilines is 1. The molecule has 1 amide bonds. The number of fused-ring (bicyclic) bond motifs is 1. The van der Waals surface area contributed by atoms with Crippen molar-refractivity contribution in [3.63, 3.8) is 0 Å². The van der Waals surface area contributed by atoms with Crippen molar-refractivity contribution >= 4 is 23.2 Å². The lowest BCUT2D eigenvalue weighted by molar-refractivity contribution is 0.0925. The Morgan fingerprint density at radius 3 is 2.83 bits per heavy atom. The molecule has 2 aromatic rings. The van der Waals surface area contributed by atoms with Crippen LogP contribution < -0.4 is 15.0 Å². The Hall–Kier alpha value is -2.20. The second-order valence-corrected chi connectivity index (χ2v) is 6.17. The average Bonchev–Trinajstić information content (AvgIpc) is 2.56. The Morgan fingerprint density at radius 1 is 1.26 bits per heavy atom. The highest BCUT2D eigenvalue weighted by molar-refractivity contribution is 6.32. The molecule has 4 nitrogen and oxygen atoms in total. The summed E-state index contributed by atoms with van der Waals surface area (Å²) in [6.45, 7) is 0.541. The molecule has 1 unspecified atom stereocenters. The highest BCUT2D eigenvalue weighted by atomic mass is 35.5. The van der Waals surface area contributed by atoms with E-state index in [2.05, 4.69) is 5.32 Å². The molecule has 1 aliphatic rings. The van der Waals surface area contributed by atoms with Crippen LogP contribution in [-0.4, -0.2) is 26.6 Å². The first-order valence-electron chi connectivity index (χ1n) is 7.55. The zero-order valence-electron chi connectivity index (χ0n) is 13.2. The predicted octanol–water partition coefficient (Wildman–Crippen LogP) is 3.66. The van der Waals surface area contributed by atoms with Crippen molar-refractivity contribution < 1.29 is 9.53 Å². The van der Waals surface area contributed by atoms with E-state index in [-0.39, 0.29) is 11.9 Å². The zero-order valence-corrected chi connectivity index (χ0v) is 13.9. The van der Waals surface area contributed by atoms with Crippen LogP contribution in [0, 0.1) is 0 Å². The van der Waals surface area contributed by atoms with Gasteiger partial charge in [-0.25, -0.2) is 0 Å². The van der Waals surface area contributed by atoms with Gasteiger partial charge in [-0.05, 0) is 24.3 Å². The van der Waals surface area contributed by atoms with Crippen LogP contribution in [0.5, 0.6) is 5.75 Å². The molecule has 5 heteroatoms. The highest BCUT2D eigenvalue weighted by Gasteiger charge is 2.25. The van der Waals surface area contributed by atoms with Crippen LogP contribution in [0.1, 0.15) is 28.4 Å². The van der Waals surface area contributed by atoms with Crippen molar-refractivity contribution in [2.75, 3.05) is 25.6 Å². The van der Waals surface area contributed by atoms with Crippen molar-refractivity contribution in [3.05, 3.63) is 58.6 Å². The number of halogens is 1. The second kappa shape index (κ2) is 6.50. The van der Waals surface area contributed by atoms with E-state index in [4.69, 9.17) is 16.3 Å². The molecule has 2 aromatic carbocycles. The van der Waals surface area contributed by atoms with E-state index >= 15 is 0 Å². The first kappa shape index (κ1) is 15.7. The Morgan fingerprint density at radius 2 is 2.04 bits per heavy atom. The number of rotatable bonds is 3. The van der Waals surface area contributed by atoms with E-state index in [1.165, 1.54) is 0 Å². The summed E-state index contributed by atoms with van der Waals surface area (Å²) in [5.41, 5.74) is 2.57. The normalized spacial score (nSPS) is 16.2. The fraction of sp³-hybridized carbons (Fsp3) is 0.278. The molecule has 0 bridgehead atoms. The Kier molecular flexibility index (Phi) is 4.44. The number of para-hydroxylation sites is 1. The monoisotopic (exact) mass is 330 g/mol. The molecule has 1 heterocycles. The van der Waals surface area contributed by atoms with Crippen molar-refractivity contribution in [1.82, 2.24) is 5.32 Å². The summed E-state index contributed by atoms with van der Waals surface area (Å²) in [5, 5.41) is 3.67. The standard InChI is InChI=1S/C18H19ClN2O2/c1-21(2)13-6-3-5-12(11-13)18(22)20-16-9-10-23-17-14(16)7-4-8-15(17)19/h3-8,11,16H,9-10H2,1-2H3,(H,20,22). The van der Waals surface area contributed by atoms with Crippen LogP contribution in [0.25, 0.3) is 0 Å². The van der Waals surface area contributed by atoms with Gasteiger partial charge in [0.05, 0.1) is 17.7 Å². The summed E-state index contributed by atoms with van der Waals surface area (Å²) in [6, 6.07) is 13.1. The maximum absolute atomic E-state index is 12.6. The molecule has 1 N–H and O–H groups in total. The van der Waals surface area contributed by atoms with Gasteiger partial charge in [0.1, 0.15) is 5.75 Å². The maximum atomic E-state index is 12.6. The average molecular weight is 331 g/mol. The molecule has 0 aliphatic carbocycles. The minimum absolute atomic E-state index is 0.0898. The van der Waals surface area contributed by atoms with Crippen LogP contribution in [0.15, 0.2) is 42.5 Å². The Balaban J connectivity index is 1.82. The van der Waals surface area contributed by atoms with E-state index in [0.29, 0.717) is 22.9 Å². The van der Waals surface area contributed by atoms with Gasteiger partial charge in [0, 0.05) is 37.3 Å². The summed E-state index contributed by atoms with van der Waals surface area (Å²) in [5.74, 6) is 0.583. The number of ether oxygens (including phenoxy) is 1. The van der Waals surface area contributed by atoms with Gasteiger partial charge in [-0.15, -0.1) is 0 Å². The smallest absolute Gasteiger partial charge is 0.251 e. The highest BCUT2D eigenvalue weighted by Crippen LogP contribution is 2.37. The third kappa shape index (κ3) is 3.27. The fourth-order valence-electron chi connectivity index (χ4n) is 2.70. The summed E-state index contributed by atoms with van der Waals surface area (Å²) in [7, 11) is 3.90. The van der Waals surface area contributed by atoms with Gasteiger partial charge in [0.2, 0.25) is 0 Å². The molecular formula is C18H19ClN2O2. The van der Waals surface area contributed by atoms with Crippen LogP contribution in [0.3, 0.4) is 0 Å². The molecular weight excluding hydrogens is 312 g/mol. The van der Waals surface area contributed by atoms with Gasteiger partial charge < -0.3 is 15.0 Å². The number of nitrogens with zero attached hydrogens (tertiary/aromatic N) is 1. The number of hydrogen-bond donors (Lipinski definition) is 1. The molecule has 0 fully saturated rings. The Labute approximate surface area is 141 Å². The third-order valence-corrected chi connectivity index (χ3v) is 4.25. The van der Waals surface area contributed by atoms with Gasteiger partial charge in [-0.2, -0.15) is 0 Å². The second-order valence-electron chi connectivity index (χ2n) is 5.77. The lowest BCUT2D eigenvalue weighted by Gasteiger charge is -2.27. The fourth-order valence-corrected chi connectivity index (χ4v) is 2.94. The lowest BCUT2D eigenvalue weighted by atomic mass is 10.00. The zero-order chi connectivity index (χ0) is 16.4. The Bertz CT molecular complexity index is 731. The van der Waals surface area contributed by atoms with Crippen molar-refractivity contribution in [2.45, 2.75) is 12.5 Å². The number of amides is 1. The summed E-state index contributed by atoms with van der Waals surface area (Å²) >= 11 is 6.17. The summed E-state index contributed by atoms with van der Waals surface area (Å²) in [4.78, 5) is 14.6. The minimum Gasteiger partial charge on any atom is -0.492 e. The number of carbonyl (C=O) groups excluding carboxylic acids is 1. The van der Waals surface area contributed by atoms with Crippen molar-refractivity contribution in [1.29, 1.82) is 0 Å². The van der Waals surface area contributed by atoms with Gasteiger partial charge in [0.25, 0.3) is 5.91 Å². The van der Waals surface area contributed by atoms with Gasteiger partial charge in [-0.3, -0.25) is 4.79 Å². The minimum atomic E-state index is -0.0912. The maximum Gasteiger partial charge on any atom is 0.251 e. The van der Waals surface area contributed by atoms with Crippen LogP contribution in [0.4, 0.5) is 5.69 Å². The molecule has 0 aromatic heterocycles. The molecule has 0 spiro atoms. The molecule has 23 heavy (non-hydrogen) atoms. The van der Waals surface area contributed by atoms with E-state index < -0.39 is 0 Å². The molecule has 3 rings (SSSR count). The molecule has 120 valence electrons. The number of hydrogen-bond acceptors (Lipinski definition) is 3. The van der Waals surface area contributed by atoms with E-state index in [1.807, 2.05) is 55.4 Å². The van der Waals surface area contributed by atoms with Crippen molar-refractivity contribution in [2.24, 2.45) is 0 Å². The number of carbonyl (C=O) groups is 1. The number of nitrogens with one attached hydrogen (secondary N) is 1. The third-order valence-electron chi connectivity index (χ3n) is 3.96. The molecule has 1 atom stereocenters. The van der Waals surface area contributed by atoms with Gasteiger partial charge >= 0.3 is 0 Å². The predicted molar refractivity (Wildman–Crippen MR) is 92.5 cm³/mol. The first-order chi connectivity index (χ1) is 11.1. The molecule has 0 radical (unpaired) electrons. The molecule has 1 aliphatic heterocycles. The van der Waals surface area contributed by atoms with E-state index in [0.717, 1.165) is 17.7 Å². The largest absolute Gasteiger partial charge is 0.492 e. The van der Waals surface area contributed by atoms with E-state index in [1.54, 1.807) is 6.07 Å². The van der Waals surface area contributed by atoms with Crippen LogP contribution in [-0.2, 0) is 0 Å². The van der Waals surface area contributed by atoms with Crippen molar-refractivity contribution in [3.8, 4) is 5.75 Å². The van der Waals surface area contributed by atoms with Crippen LogP contribution >= 0.6 is 11.6 Å². The van der Waals surface area contributed by atoms with Gasteiger partial charge in [0.15, 0.2) is 0 Å². The lowest BCUT2D eigenvalue weighted by Crippen LogP contribution is -2.32. The molecule has 0 saturated heterocycles. The topological polar surface area (TPSA) is 41.6 Å². The SMILES string of the molecule is CN(C)c1cccc(C(=O)NC2CCOc3c(Cl)cccc32)c1. The van der Waals surface area contributed by atoms with Gasteiger partial charge in [-0.1, -0.05) is 29.8 Å². The number of benzene rings is 2. The summed E-state index contributed by atoms with van der Waals surface area (Å²) in [6.07, 6.45) is 0.729. The van der Waals surface area contributed by atoms with Crippen LogP contribution in [0.2, 0.25) is 5.02 Å². The molecule has 0 saturated carbocycles. The quantitative estimate of drug-likeness (QED) is 0.933. The first-order valence-corrected chi connectivity index (χ1v) is 7.93.